The number of hydrogen-bond acceptors (Lipinski definition) is 7. The maximum absolute atomic E-state index is 12.5. The molecule has 9 heteroatoms. The Morgan fingerprint density at radius 1 is 1.24 bits per heavy atom. The van der Waals surface area contributed by atoms with E-state index in [2.05, 4.69) is 20.5 Å². The highest BCUT2D eigenvalue weighted by Gasteiger charge is 2.23. The summed E-state index contributed by atoms with van der Waals surface area (Å²) in [6.45, 7) is 5.94. The molecule has 0 aliphatic heterocycles. The van der Waals surface area contributed by atoms with Crippen molar-refractivity contribution >= 4 is 40.0 Å². The average Bonchev–Trinajstić information content (AvgIpc) is 3.31. The maximum Gasteiger partial charge on any atom is 0.341 e. The smallest absolute Gasteiger partial charge is 0.341 e. The summed E-state index contributed by atoms with van der Waals surface area (Å²) in [6.07, 6.45) is 0.785. The predicted molar refractivity (Wildman–Crippen MR) is 116 cm³/mol. The van der Waals surface area contributed by atoms with Crippen molar-refractivity contribution < 1.29 is 14.3 Å². The molecule has 0 unspecified atom stereocenters. The van der Waals surface area contributed by atoms with Crippen LogP contribution in [0.25, 0.3) is 11.4 Å². The number of aromatic amines is 1. The van der Waals surface area contributed by atoms with Gasteiger partial charge in [0, 0.05) is 10.4 Å². The minimum atomic E-state index is -0.412. The van der Waals surface area contributed by atoms with Crippen molar-refractivity contribution in [3.63, 3.8) is 0 Å². The Morgan fingerprint density at radius 3 is 2.69 bits per heavy atom. The fourth-order valence-corrected chi connectivity index (χ4v) is 4.51. The molecule has 3 rings (SSSR count). The Morgan fingerprint density at radius 2 is 2.00 bits per heavy atom. The number of thiophene rings is 1. The lowest BCUT2D eigenvalue weighted by Crippen LogP contribution is -2.16. The van der Waals surface area contributed by atoms with Crippen LogP contribution in [0.3, 0.4) is 0 Å². The Labute approximate surface area is 177 Å². The minimum absolute atomic E-state index is 0.132. The van der Waals surface area contributed by atoms with E-state index in [0.717, 1.165) is 22.4 Å². The SMILES string of the molecule is CCOC(=O)c1c(NC(=O)CSc2n[nH]c(-c3ccccc3)n2)sc(CC)c1C. The largest absolute Gasteiger partial charge is 0.462 e. The Bertz CT molecular complexity index is 999. The van der Waals surface area contributed by atoms with Gasteiger partial charge in [-0.3, -0.25) is 9.89 Å². The molecule has 0 saturated carbocycles. The predicted octanol–water partition coefficient (Wildman–Crippen LogP) is 4.31. The zero-order valence-electron chi connectivity index (χ0n) is 16.4. The number of aromatic nitrogens is 3. The van der Waals surface area contributed by atoms with E-state index in [0.29, 0.717) is 21.5 Å². The van der Waals surface area contributed by atoms with Crippen molar-refractivity contribution in [3.05, 3.63) is 46.3 Å². The fourth-order valence-electron chi connectivity index (χ4n) is 2.76. The van der Waals surface area contributed by atoms with E-state index in [4.69, 9.17) is 4.74 Å². The summed E-state index contributed by atoms with van der Waals surface area (Å²) >= 11 is 2.64. The Hall–Kier alpha value is -2.65. The molecule has 3 aromatic rings. The van der Waals surface area contributed by atoms with E-state index in [1.165, 1.54) is 23.1 Å². The highest BCUT2D eigenvalue weighted by atomic mass is 32.2. The summed E-state index contributed by atoms with van der Waals surface area (Å²) in [7, 11) is 0. The molecule has 0 radical (unpaired) electrons. The van der Waals surface area contributed by atoms with Crippen LogP contribution in [-0.4, -0.2) is 39.4 Å². The molecule has 1 amide bonds. The first-order valence-corrected chi connectivity index (χ1v) is 11.0. The van der Waals surface area contributed by atoms with Gasteiger partial charge in [0.2, 0.25) is 11.1 Å². The second-order valence-corrected chi connectivity index (χ2v) is 8.15. The Balaban J connectivity index is 1.66. The second-order valence-electron chi connectivity index (χ2n) is 6.10. The van der Waals surface area contributed by atoms with Gasteiger partial charge < -0.3 is 10.1 Å². The summed E-state index contributed by atoms with van der Waals surface area (Å²) in [6, 6.07) is 9.65. The number of benzene rings is 1. The second kappa shape index (κ2) is 9.71. The van der Waals surface area contributed by atoms with Crippen molar-refractivity contribution in [1.82, 2.24) is 15.2 Å². The zero-order valence-corrected chi connectivity index (χ0v) is 18.1. The molecule has 0 fully saturated rings. The molecular formula is C20H22N4O3S2. The molecule has 0 aliphatic rings. The standard InChI is InChI=1S/C20H22N4O3S2/c1-4-14-12(3)16(19(26)27-5-2)18(29-14)21-15(25)11-28-20-22-17(23-24-20)13-9-7-6-8-10-13/h6-10H,4-5,11H2,1-3H3,(H,21,25)(H,22,23,24). The molecule has 29 heavy (non-hydrogen) atoms. The highest BCUT2D eigenvalue weighted by Crippen LogP contribution is 2.34. The van der Waals surface area contributed by atoms with Gasteiger partial charge in [0.1, 0.15) is 5.00 Å². The van der Waals surface area contributed by atoms with Gasteiger partial charge >= 0.3 is 5.97 Å². The number of rotatable bonds is 8. The van der Waals surface area contributed by atoms with Gasteiger partial charge in [-0.25, -0.2) is 9.78 Å². The topological polar surface area (TPSA) is 97.0 Å². The van der Waals surface area contributed by atoms with Crippen LogP contribution in [0.4, 0.5) is 5.00 Å². The van der Waals surface area contributed by atoms with Crippen LogP contribution in [0.5, 0.6) is 0 Å². The number of thioether (sulfide) groups is 1. The summed E-state index contributed by atoms with van der Waals surface area (Å²) in [5, 5.41) is 10.9. The molecule has 7 nitrogen and oxygen atoms in total. The van der Waals surface area contributed by atoms with Crippen LogP contribution in [0.1, 0.15) is 34.6 Å². The van der Waals surface area contributed by atoms with Gasteiger partial charge in [0.25, 0.3) is 0 Å². The monoisotopic (exact) mass is 430 g/mol. The van der Waals surface area contributed by atoms with E-state index < -0.39 is 5.97 Å². The molecule has 152 valence electrons. The van der Waals surface area contributed by atoms with E-state index >= 15 is 0 Å². The number of carbonyl (C=O) groups excluding carboxylic acids is 2. The van der Waals surface area contributed by atoms with Crippen LogP contribution in [0, 0.1) is 6.92 Å². The first-order valence-electron chi connectivity index (χ1n) is 9.23. The Kier molecular flexibility index (Phi) is 7.05. The lowest BCUT2D eigenvalue weighted by molar-refractivity contribution is -0.113. The normalized spacial score (nSPS) is 10.7. The molecule has 2 heterocycles. The first kappa shape index (κ1) is 21.1. The van der Waals surface area contributed by atoms with E-state index in [1.807, 2.05) is 44.2 Å². The molecule has 2 aromatic heterocycles. The van der Waals surface area contributed by atoms with Gasteiger partial charge in [0.05, 0.1) is 17.9 Å². The highest BCUT2D eigenvalue weighted by molar-refractivity contribution is 7.99. The molecule has 1 aromatic carbocycles. The van der Waals surface area contributed by atoms with Crippen LogP contribution < -0.4 is 5.32 Å². The van der Waals surface area contributed by atoms with Crippen LogP contribution in [0.15, 0.2) is 35.5 Å². The van der Waals surface area contributed by atoms with Gasteiger partial charge in [0.15, 0.2) is 5.82 Å². The van der Waals surface area contributed by atoms with E-state index in [9.17, 15) is 9.59 Å². The summed E-state index contributed by atoms with van der Waals surface area (Å²) < 4.78 is 5.15. The number of H-pyrrole nitrogens is 1. The molecule has 2 N–H and O–H groups in total. The molecule has 0 spiro atoms. The maximum atomic E-state index is 12.5. The molecule has 0 atom stereocenters. The third-order valence-corrected chi connectivity index (χ3v) is 6.34. The number of anilines is 1. The van der Waals surface area contributed by atoms with Crippen molar-refractivity contribution in [2.24, 2.45) is 0 Å². The number of esters is 1. The molecule has 0 aliphatic carbocycles. The van der Waals surface area contributed by atoms with Gasteiger partial charge in [-0.15, -0.1) is 16.4 Å². The number of ether oxygens (including phenoxy) is 1. The third kappa shape index (κ3) is 5.04. The van der Waals surface area contributed by atoms with Crippen molar-refractivity contribution in [2.75, 3.05) is 17.7 Å². The van der Waals surface area contributed by atoms with Crippen molar-refractivity contribution in [3.8, 4) is 11.4 Å². The summed E-state index contributed by atoms with van der Waals surface area (Å²) in [4.78, 5) is 30.2. The number of carbonyl (C=O) groups is 2. The molecule has 0 bridgehead atoms. The number of nitrogens with zero attached hydrogens (tertiary/aromatic N) is 2. The number of amides is 1. The van der Waals surface area contributed by atoms with Crippen molar-refractivity contribution in [2.45, 2.75) is 32.3 Å². The quantitative estimate of drug-likeness (QED) is 0.408. The number of nitrogens with one attached hydrogen (secondary N) is 2. The molecule has 0 saturated heterocycles. The lowest BCUT2D eigenvalue weighted by atomic mass is 10.1. The number of hydrogen-bond donors (Lipinski definition) is 2. The van der Waals surface area contributed by atoms with Gasteiger partial charge in [-0.05, 0) is 25.8 Å². The molecular weight excluding hydrogens is 408 g/mol. The zero-order chi connectivity index (χ0) is 20.8. The van der Waals surface area contributed by atoms with Crippen LogP contribution in [-0.2, 0) is 16.0 Å². The van der Waals surface area contributed by atoms with Gasteiger partial charge in [-0.1, -0.05) is 49.0 Å². The van der Waals surface area contributed by atoms with Crippen LogP contribution in [0.2, 0.25) is 0 Å². The average molecular weight is 431 g/mol. The minimum Gasteiger partial charge on any atom is -0.462 e. The first-order chi connectivity index (χ1) is 14.0. The summed E-state index contributed by atoms with van der Waals surface area (Å²) in [5.41, 5.74) is 2.23. The third-order valence-electron chi connectivity index (χ3n) is 4.14. The summed E-state index contributed by atoms with van der Waals surface area (Å²) in [5.74, 6) is 0.146. The van der Waals surface area contributed by atoms with Crippen molar-refractivity contribution in [1.29, 1.82) is 0 Å². The number of aryl methyl sites for hydroxylation is 1. The van der Waals surface area contributed by atoms with Gasteiger partial charge in [-0.2, -0.15) is 0 Å². The lowest BCUT2D eigenvalue weighted by Gasteiger charge is -2.06. The fraction of sp³-hybridized carbons (Fsp3) is 0.300. The van der Waals surface area contributed by atoms with E-state index in [-0.39, 0.29) is 18.3 Å². The van der Waals surface area contributed by atoms with Crippen LogP contribution >= 0.6 is 23.1 Å². The van der Waals surface area contributed by atoms with E-state index in [1.54, 1.807) is 6.92 Å².